The number of ether oxygens (including phenoxy) is 2. The Morgan fingerprint density at radius 2 is 1.67 bits per heavy atom. The summed E-state index contributed by atoms with van der Waals surface area (Å²) < 4.78 is 11.3. The Hall–Kier alpha value is -2.17. The molecule has 0 unspecified atom stereocenters. The molecule has 0 spiro atoms. The van der Waals surface area contributed by atoms with E-state index in [9.17, 15) is 9.90 Å². The maximum absolute atomic E-state index is 13.0. The number of carbonyl (C=O) groups excluding carboxylic acids is 1. The molecule has 1 saturated heterocycles. The zero-order valence-corrected chi connectivity index (χ0v) is 13.9. The number of hydrogen-bond acceptors (Lipinski definition) is 4. The third-order valence-corrected chi connectivity index (χ3v) is 4.76. The first-order chi connectivity index (χ1) is 11.6. The summed E-state index contributed by atoms with van der Waals surface area (Å²) in [6.45, 7) is 4.11. The van der Waals surface area contributed by atoms with Crippen molar-refractivity contribution in [3.05, 3.63) is 71.8 Å². The first-order valence-corrected chi connectivity index (χ1v) is 8.22. The largest absolute Gasteiger partial charge is 0.463 e. The van der Waals surface area contributed by atoms with Crippen molar-refractivity contribution in [2.24, 2.45) is 5.92 Å². The van der Waals surface area contributed by atoms with E-state index < -0.39 is 17.2 Å². The van der Waals surface area contributed by atoms with Crippen LogP contribution in [0.5, 0.6) is 0 Å². The lowest BCUT2D eigenvalue weighted by molar-refractivity contribution is -0.195. The van der Waals surface area contributed by atoms with E-state index in [4.69, 9.17) is 9.47 Å². The van der Waals surface area contributed by atoms with Gasteiger partial charge in [-0.15, -0.1) is 0 Å². The van der Waals surface area contributed by atoms with E-state index in [1.165, 1.54) is 0 Å². The van der Waals surface area contributed by atoms with Crippen molar-refractivity contribution in [1.82, 2.24) is 0 Å². The van der Waals surface area contributed by atoms with Gasteiger partial charge in [-0.25, -0.2) is 4.79 Å². The van der Waals surface area contributed by atoms with Crippen LogP contribution < -0.4 is 0 Å². The van der Waals surface area contributed by atoms with Crippen LogP contribution in [-0.2, 0) is 25.5 Å². The van der Waals surface area contributed by atoms with Crippen LogP contribution in [0.4, 0.5) is 0 Å². The predicted molar refractivity (Wildman–Crippen MR) is 90.2 cm³/mol. The van der Waals surface area contributed by atoms with Crippen molar-refractivity contribution < 1.29 is 19.4 Å². The summed E-state index contributed by atoms with van der Waals surface area (Å²) in [6, 6.07) is 18.3. The van der Waals surface area contributed by atoms with Crippen LogP contribution in [0, 0.1) is 5.92 Å². The molecule has 0 aromatic heterocycles. The predicted octanol–water partition coefficient (Wildman–Crippen LogP) is 3.00. The van der Waals surface area contributed by atoms with Gasteiger partial charge < -0.3 is 14.6 Å². The third kappa shape index (κ3) is 2.26. The van der Waals surface area contributed by atoms with E-state index in [2.05, 4.69) is 0 Å². The van der Waals surface area contributed by atoms with Gasteiger partial charge in [0.05, 0.1) is 13.2 Å². The van der Waals surface area contributed by atoms with Crippen LogP contribution >= 0.6 is 0 Å². The molecule has 4 heteroatoms. The molecule has 2 aromatic rings. The Morgan fingerprint density at radius 3 is 2.21 bits per heavy atom. The SMILES string of the molecule is CCOC(=O)[C@@]1(c2ccccc2)OC[C@@H](C)[C@]1(O)c1ccccc1. The van der Waals surface area contributed by atoms with E-state index in [1.54, 1.807) is 19.1 Å². The summed E-state index contributed by atoms with van der Waals surface area (Å²) in [5.41, 5.74) is -1.85. The molecule has 0 saturated carbocycles. The standard InChI is InChI=1S/C20H22O4/c1-3-23-18(21)20(17-12-8-5-9-13-17)19(22,15(2)14-24-20)16-10-6-4-7-11-16/h4-13,15,22H,3,14H2,1-2H3/t15-,19+,20-/m1/s1. The number of esters is 1. The van der Waals surface area contributed by atoms with Gasteiger partial charge in [-0.05, 0) is 18.1 Å². The van der Waals surface area contributed by atoms with Crippen molar-refractivity contribution >= 4 is 5.97 Å². The van der Waals surface area contributed by atoms with E-state index in [-0.39, 0.29) is 19.1 Å². The van der Waals surface area contributed by atoms with Crippen molar-refractivity contribution in [1.29, 1.82) is 0 Å². The maximum atomic E-state index is 13.0. The molecule has 24 heavy (non-hydrogen) atoms. The van der Waals surface area contributed by atoms with Crippen molar-refractivity contribution in [2.45, 2.75) is 25.0 Å². The highest BCUT2D eigenvalue weighted by Gasteiger charge is 2.66. The molecular weight excluding hydrogens is 304 g/mol. The Bertz CT molecular complexity index is 700. The fourth-order valence-corrected chi connectivity index (χ4v) is 3.55. The van der Waals surface area contributed by atoms with Crippen molar-refractivity contribution in [3.63, 3.8) is 0 Å². The average Bonchev–Trinajstić information content (AvgIpc) is 2.90. The number of benzene rings is 2. The van der Waals surface area contributed by atoms with Crippen LogP contribution in [-0.4, -0.2) is 24.3 Å². The summed E-state index contributed by atoms with van der Waals surface area (Å²) in [5.74, 6) is -0.837. The first-order valence-electron chi connectivity index (χ1n) is 8.22. The van der Waals surface area contributed by atoms with Gasteiger partial charge in [-0.1, -0.05) is 67.6 Å². The highest BCUT2D eigenvalue weighted by molar-refractivity contribution is 5.84. The van der Waals surface area contributed by atoms with Gasteiger partial charge in [0.1, 0.15) is 5.60 Å². The highest BCUT2D eigenvalue weighted by atomic mass is 16.6. The molecule has 0 amide bonds. The van der Waals surface area contributed by atoms with Gasteiger partial charge in [-0.3, -0.25) is 0 Å². The molecule has 126 valence electrons. The Balaban J connectivity index is 2.25. The minimum atomic E-state index is -1.58. The lowest BCUT2D eigenvalue weighted by Crippen LogP contribution is -2.54. The van der Waals surface area contributed by atoms with Crippen LogP contribution in [0.3, 0.4) is 0 Å². The molecule has 0 bridgehead atoms. The van der Waals surface area contributed by atoms with E-state index >= 15 is 0 Å². The van der Waals surface area contributed by atoms with Crippen molar-refractivity contribution in [3.8, 4) is 0 Å². The second-order valence-corrected chi connectivity index (χ2v) is 6.11. The number of hydrogen-bond donors (Lipinski definition) is 1. The molecule has 3 rings (SSSR count). The van der Waals surface area contributed by atoms with E-state index in [0.717, 1.165) is 0 Å². The van der Waals surface area contributed by atoms with E-state index in [1.807, 2.05) is 55.5 Å². The molecule has 1 aliphatic rings. The van der Waals surface area contributed by atoms with Crippen molar-refractivity contribution in [2.75, 3.05) is 13.2 Å². The van der Waals surface area contributed by atoms with Gasteiger partial charge in [0.2, 0.25) is 5.60 Å². The smallest absolute Gasteiger partial charge is 0.346 e. The molecular formula is C20H22O4. The third-order valence-electron chi connectivity index (χ3n) is 4.76. The molecule has 3 atom stereocenters. The second kappa shape index (κ2) is 6.38. The Morgan fingerprint density at radius 1 is 1.12 bits per heavy atom. The van der Waals surface area contributed by atoms with E-state index in [0.29, 0.717) is 11.1 Å². The summed E-state index contributed by atoms with van der Waals surface area (Å²) in [6.07, 6.45) is 0. The summed E-state index contributed by atoms with van der Waals surface area (Å²) in [4.78, 5) is 13.0. The van der Waals surface area contributed by atoms with Crippen LogP contribution in [0.2, 0.25) is 0 Å². The molecule has 0 radical (unpaired) electrons. The van der Waals surface area contributed by atoms with Gasteiger partial charge in [-0.2, -0.15) is 0 Å². The minimum absolute atomic E-state index is 0.218. The molecule has 4 nitrogen and oxygen atoms in total. The molecule has 1 N–H and O–H groups in total. The lowest BCUT2D eigenvalue weighted by atomic mass is 9.69. The zero-order chi connectivity index (χ0) is 17.2. The summed E-state index contributed by atoms with van der Waals surface area (Å²) in [5, 5.41) is 11.8. The first kappa shape index (κ1) is 16.7. The fourth-order valence-electron chi connectivity index (χ4n) is 3.55. The quantitative estimate of drug-likeness (QED) is 0.878. The molecule has 0 aliphatic carbocycles. The minimum Gasteiger partial charge on any atom is -0.463 e. The molecule has 2 aromatic carbocycles. The van der Waals surface area contributed by atoms with Crippen LogP contribution in [0.25, 0.3) is 0 Å². The molecule has 1 fully saturated rings. The number of carbonyl (C=O) groups is 1. The normalized spacial score (nSPS) is 29.4. The number of aliphatic hydroxyl groups is 1. The number of rotatable bonds is 4. The van der Waals surface area contributed by atoms with Gasteiger partial charge in [0, 0.05) is 5.92 Å². The fraction of sp³-hybridized carbons (Fsp3) is 0.350. The molecule has 1 aliphatic heterocycles. The second-order valence-electron chi connectivity index (χ2n) is 6.11. The van der Waals surface area contributed by atoms with Crippen LogP contribution in [0.1, 0.15) is 25.0 Å². The van der Waals surface area contributed by atoms with Gasteiger partial charge in [0.25, 0.3) is 0 Å². The van der Waals surface area contributed by atoms with Crippen LogP contribution in [0.15, 0.2) is 60.7 Å². The summed E-state index contributed by atoms with van der Waals surface area (Å²) >= 11 is 0. The monoisotopic (exact) mass is 326 g/mol. The molecule has 1 heterocycles. The Kier molecular flexibility index (Phi) is 4.43. The van der Waals surface area contributed by atoms with Gasteiger partial charge >= 0.3 is 5.97 Å². The highest BCUT2D eigenvalue weighted by Crippen LogP contribution is 2.53. The topological polar surface area (TPSA) is 55.8 Å². The van der Waals surface area contributed by atoms with Gasteiger partial charge in [0.15, 0.2) is 0 Å². The zero-order valence-electron chi connectivity index (χ0n) is 13.9. The average molecular weight is 326 g/mol. The lowest BCUT2D eigenvalue weighted by Gasteiger charge is -2.41. The maximum Gasteiger partial charge on any atom is 0.346 e. The summed E-state index contributed by atoms with van der Waals surface area (Å²) in [7, 11) is 0. The Labute approximate surface area is 142 Å².